The van der Waals surface area contributed by atoms with Crippen molar-refractivity contribution in [2.45, 2.75) is 64.5 Å². The number of carbonyl (C=O) groups is 2. The number of carbonyl (C=O) groups excluding carboxylic acids is 2. The van der Waals surface area contributed by atoms with Crippen molar-refractivity contribution in [3.05, 3.63) is 96.4 Å². The molecule has 240 valence electrons. The molecule has 0 aliphatic carbocycles. The maximum absolute atomic E-state index is 13.6. The zero-order valence-electron chi connectivity index (χ0n) is 27.2. The molecule has 5 aromatic rings. The summed E-state index contributed by atoms with van der Waals surface area (Å²) < 4.78 is 14.4. The highest BCUT2D eigenvalue weighted by molar-refractivity contribution is 6.76. The van der Waals surface area contributed by atoms with Gasteiger partial charge in [0.05, 0.1) is 24.5 Å². The van der Waals surface area contributed by atoms with Crippen molar-refractivity contribution in [2.75, 3.05) is 19.0 Å². The topological polar surface area (TPSA) is 100 Å². The average Bonchev–Trinajstić information content (AvgIpc) is 3.66. The molecule has 0 radical (unpaired) electrons. The summed E-state index contributed by atoms with van der Waals surface area (Å²) in [6.07, 6.45) is 7.53. The molecule has 0 aliphatic rings. The number of aryl methyl sites for hydroxylation is 1. The Hall–Kier alpha value is -4.54. The Bertz CT molecular complexity index is 1770. The van der Waals surface area contributed by atoms with Gasteiger partial charge in [-0.15, -0.1) is 0 Å². The van der Waals surface area contributed by atoms with Crippen molar-refractivity contribution < 1.29 is 19.1 Å². The summed E-state index contributed by atoms with van der Waals surface area (Å²) in [7, 11) is 0.268. The number of hydrogen-bond acceptors (Lipinski definition) is 6. The highest BCUT2D eigenvalue weighted by Crippen LogP contribution is 2.26. The third kappa shape index (κ3) is 8.79. The van der Waals surface area contributed by atoms with Crippen LogP contribution in [0.5, 0.6) is 0 Å². The molecule has 0 fully saturated rings. The van der Waals surface area contributed by atoms with E-state index in [4.69, 9.17) is 14.5 Å². The second-order valence-corrected chi connectivity index (χ2v) is 18.3. The van der Waals surface area contributed by atoms with E-state index in [1.165, 1.54) is 7.11 Å². The van der Waals surface area contributed by atoms with Crippen LogP contribution in [0.25, 0.3) is 27.7 Å². The molecular weight excluding hydrogens is 595 g/mol. The number of imidazole rings is 1. The third-order valence-electron chi connectivity index (χ3n) is 7.87. The van der Waals surface area contributed by atoms with E-state index < -0.39 is 8.07 Å². The highest BCUT2D eigenvalue weighted by Gasteiger charge is 2.16. The first-order chi connectivity index (χ1) is 22.2. The van der Waals surface area contributed by atoms with E-state index in [-0.39, 0.29) is 11.9 Å². The molecule has 10 heteroatoms. The number of fused-ring (bicyclic) bond motifs is 1. The number of aromatic nitrogens is 4. The Balaban J connectivity index is 1.28. The lowest BCUT2D eigenvalue weighted by molar-refractivity contribution is -0.140. The summed E-state index contributed by atoms with van der Waals surface area (Å²) in [6, 6.07) is 24.8. The number of ether oxygens (including phenoxy) is 2. The Kier molecular flexibility index (Phi) is 10.8. The normalized spacial score (nSPS) is 11.6. The maximum atomic E-state index is 13.6. The van der Waals surface area contributed by atoms with Crippen molar-refractivity contribution >= 4 is 36.8 Å². The van der Waals surface area contributed by atoms with E-state index in [1.54, 1.807) is 0 Å². The molecule has 2 aromatic heterocycles. The first-order valence-electron chi connectivity index (χ1n) is 15.9. The SMILES string of the molecule is COC(=O)CCCCCc1cn(-c2ccccc2)c(NC(=O)c2cccc(-c3ccc4c(cnn4COCC[Si](C)(C)C)c3)c2)n1. The van der Waals surface area contributed by atoms with Crippen molar-refractivity contribution in [3.8, 4) is 16.8 Å². The Morgan fingerprint density at radius 1 is 0.913 bits per heavy atom. The number of nitrogens with zero attached hydrogens (tertiary/aromatic N) is 4. The van der Waals surface area contributed by atoms with Crippen molar-refractivity contribution in [1.82, 2.24) is 19.3 Å². The molecule has 46 heavy (non-hydrogen) atoms. The molecule has 0 aliphatic heterocycles. The van der Waals surface area contributed by atoms with Crippen LogP contribution in [-0.4, -0.2) is 53.0 Å². The minimum atomic E-state index is -1.14. The number of para-hydroxylation sites is 1. The van der Waals surface area contributed by atoms with E-state index in [9.17, 15) is 9.59 Å². The largest absolute Gasteiger partial charge is 0.469 e. The fourth-order valence-electron chi connectivity index (χ4n) is 5.19. The maximum Gasteiger partial charge on any atom is 0.305 e. The van der Waals surface area contributed by atoms with E-state index in [1.807, 2.05) is 76.2 Å². The molecule has 1 amide bonds. The molecule has 0 spiro atoms. The number of hydrogen-bond donors (Lipinski definition) is 1. The molecule has 9 nitrogen and oxygen atoms in total. The summed E-state index contributed by atoms with van der Waals surface area (Å²) >= 11 is 0. The first kappa shape index (κ1) is 32.8. The van der Waals surface area contributed by atoms with Crippen LogP contribution < -0.4 is 5.32 Å². The molecule has 0 saturated heterocycles. The van der Waals surface area contributed by atoms with Crippen LogP contribution in [0.3, 0.4) is 0 Å². The smallest absolute Gasteiger partial charge is 0.305 e. The number of rotatable bonds is 15. The molecular formula is C36H43N5O4Si. The number of methoxy groups -OCH3 is 1. The van der Waals surface area contributed by atoms with Crippen molar-refractivity contribution in [2.24, 2.45) is 0 Å². The Morgan fingerprint density at radius 3 is 2.50 bits per heavy atom. The molecule has 3 aromatic carbocycles. The van der Waals surface area contributed by atoms with Gasteiger partial charge in [0.1, 0.15) is 6.73 Å². The lowest BCUT2D eigenvalue weighted by atomic mass is 10.0. The third-order valence-corrected chi connectivity index (χ3v) is 9.57. The Labute approximate surface area is 271 Å². The zero-order chi connectivity index (χ0) is 32.5. The quantitative estimate of drug-likeness (QED) is 0.0717. The summed E-state index contributed by atoms with van der Waals surface area (Å²) in [4.78, 5) is 29.7. The van der Waals surface area contributed by atoms with Gasteiger partial charge in [0.2, 0.25) is 5.95 Å². The Morgan fingerprint density at radius 2 is 1.72 bits per heavy atom. The van der Waals surface area contributed by atoms with Gasteiger partial charge in [0.25, 0.3) is 5.91 Å². The lowest BCUT2D eigenvalue weighted by Gasteiger charge is -2.15. The number of benzene rings is 3. The zero-order valence-corrected chi connectivity index (χ0v) is 28.2. The van der Waals surface area contributed by atoms with Crippen molar-refractivity contribution in [1.29, 1.82) is 0 Å². The molecule has 5 rings (SSSR count). The van der Waals surface area contributed by atoms with Gasteiger partial charge >= 0.3 is 5.97 Å². The predicted octanol–water partition coefficient (Wildman–Crippen LogP) is 7.73. The van der Waals surface area contributed by atoms with Gasteiger partial charge in [-0.2, -0.15) is 5.10 Å². The van der Waals surface area contributed by atoms with Crippen LogP contribution in [0.1, 0.15) is 41.7 Å². The van der Waals surface area contributed by atoms with Gasteiger partial charge in [-0.05, 0) is 72.8 Å². The molecule has 0 atom stereocenters. The van der Waals surface area contributed by atoms with E-state index in [0.717, 1.165) is 71.7 Å². The molecule has 2 heterocycles. The number of amides is 1. The van der Waals surface area contributed by atoms with Crippen LogP contribution >= 0.6 is 0 Å². The summed E-state index contributed by atoms with van der Waals surface area (Å²) in [6.45, 7) is 8.21. The second kappa shape index (κ2) is 15.2. The van der Waals surface area contributed by atoms with Crippen LogP contribution in [0.15, 0.2) is 85.2 Å². The van der Waals surface area contributed by atoms with Crippen LogP contribution in [0.4, 0.5) is 5.95 Å². The van der Waals surface area contributed by atoms with Crippen LogP contribution in [-0.2, 0) is 27.4 Å². The van der Waals surface area contributed by atoms with Gasteiger partial charge in [-0.25, -0.2) is 9.67 Å². The van der Waals surface area contributed by atoms with Gasteiger partial charge < -0.3 is 9.47 Å². The molecule has 0 unspecified atom stereocenters. The average molecular weight is 638 g/mol. The van der Waals surface area contributed by atoms with Crippen LogP contribution in [0.2, 0.25) is 25.7 Å². The summed E-state index contributed by atoms with van der Waals surface area (Å²) in [5.41, 5.74) is 5.27. The standard InChI is InChI=1S/C36H43N5O4Si/c1-44-34(42)17-10-5-7-14-31-25-40(32-15-8-6-9-16-32)36(38-31)39-35(43)29-13-11-12-27(22-29)28-18-19-33-30(23-28)24-37-41(33)26-45-20-21-46(2,3)4/h6,8-9,11-13,15-16,18-19,22-25H,5,7,10,14,17,20-21,26H2,1-4H3,(H,38,39,43). The fraction of sp³-hybridized carbons (Fsp3) is 0.333. The number of esters is 1. The van der Waals surface area contributed by atoms with Gasteiger partial charge in [0.15, 0.2) is 0 Å². The minimum absolute atomic E-state index is 0.187. The van der Waals surface area contributed by atoms with E-state index in [0.29, 0.717) is 24.7 Å². The van der Waals surface area contributed by atoms with E-state index in [2.05, 4.69) is 48.3 Å². The van der Waals surface area contributed by atoms with Gasteiger partial charge in [-0.3, -0.25) is 19.5 Å². The lowest BCUT2D eigenvalue weighted by Crippen LogP contribution is -2.22. The number of unbranched alkanes of at least 4 members (excludes halogenated alkanes) is 2. The van der Waals surface area contributed by atoms with E-state index >= 15 is 0 Å². The monoisotopic (exact) mass is 637 g/mol. The van der Waals surface area contributed by atoms with Crippen molar-refractivity contribution in [3.63, 3.8) is 0 Å². The highest BCUT2D eigenvalue weighted by atomic mass is 28.3. The number of nitrogens with one attached hydrogen (secondary N) is 1. The van der Waals surface area contributed by atoms with Gasteiger partial charge in [0, 0.05) is 43.9 Å². The molecule has 0 saturated carbocycles. The summed E-state index contributed by atoms with van der Waals surface area (Å²) in [5, 5.41) is 8.60. The molecule has 0 bridgehead atoms. The first-order valence-corrected chi connectivity index (χ1v) is 19.6. The molecule has 1 N–H and O–H groups in total. The number of anilines is 1. The minimum Gasteiger partial charge on any atom is -0.469 e. The summed E-state index contributed by atoms with van der Waals surface area (Å²) in [5.74, 6) is 0.0402. The van der Waals surface area contributed by atoms with Crippen LogP contribution in [0, 0.1) is 0 Å². The second-order valence-electron chi connectivity index (χ2n) is 12.7. The fourth-order valence-corrected chi connectivity index (χ4v) is 5.95. The predicted molar refractivity (Wildman–Crippen MR) is 185 cm³/mol. The van der Waals surface area contributed by atoms with Gasteiger partial charge in [-0.1, -0.05) is 62.5 Å².